The summed E-state index contributed by atoms with van der Waals surface area (Å²) >= 11 is 0. The Hall–Kier alpha value is -1.70. The molecule has 1 aromatic rings. The van der Waals surface area contributed by atoms with Gasteiger partial charge in [0.25, 0.3) is 0 Å². The smallest absolute Gasteiger partial charge is 0.161 e. The van der Waals surface area contributed by atoms with Crippen LogP contribution in [0, 0.1) is 0 Å². The zero-order valence-electron chi connectivity index (χ0n) is 10.4. The fourth-order valence-corrected chi connectivity index (χ4v) is 1.98. The van der Waals surface area contributed by atoms with Gasteiger partial charge in [0, 0.05) is 5.56 Å². The quantitative estimate of drug-likeness (QED) is 0.582. The number of hydrogen-bond acceptors (Lipinski definition) is 2. The van der Waals surface area contributed by atoms with E-state index in [1.165, 1.54) is 0 Å². The van der Waals surface area contributed by atoms with Crippen molar-refractivity contribution in [2.24, 2.45) is 0 Å². The van der Waals surface area contributed by atoms with E-state index in [1.807, 2.05) is 13.0 Å². The van der Waals surface area contributed by atoms with Crippen molar-refractivity contribution in [1.82, 2.24) is 0 Å². The van der Waals surface area contributed by atoms with Crippen LogP contribution in [0.2, 0.25) is 0 Å². The highest BCUT2D eigenvalue weighted by Crippen LogP contribution is 2.36. The first kappa shape index (κ1) is 13.4. The van der Waals surface area contributed by atoms with Gasteiger partial charge in [0.1, 0.15) is 0 Å². The molecule has 0 unspecified atom stereocenters. The van der Waals surface area contributed by atoms with Gasteiger partial charge < -0.3 is 10.2 Å². The molecule has 0 aliphatic carbocycles. The van der Waals surface area contributed by atoms with E-state index < -0.39 is 0 Å². The van der Waals surface area contributed by atoms with Crippen molar-refractivity contribution in [1.29, 1.82) is 0 Å². The van der Waals surface area contributed by atoms with E-state index in [2.05, 4.69) is 13.2 Å². The normalized spacial score (nSPS) is 10.2. The SMILES string of the molecule is C=CCc1cc(CCC)c(O)c(O)c1CC=C. The maximum atomic E-state index is 10.0. The lowest BCUT2D eigenvalue weighted by atomic mass is 9.95. The molecule has 0 fully saturated rings. The van der Waals surface area contributed by atoms with E-state index >= 15 is 0 Å². The van der Waals surface area contributed by atoms with Gasteiger partial charge in [0.2, 0.25) is 0 Å². The summed E-state index contributed by atoms with van der Waals surface area (Å²) in [6.07, 6.45) is 6.46. The molecule has 0 spiro atoms. The van der Waals surface area contributed by atoms with E-state index in [-0.39, 0.29) is 11.5 Å². The molecule has 0 bridgehead atoms. The molecular weight excluding hydrogens is 212 g/mol. The van der Waals surface area contributed by atoms with E-state index in [0.29, 0.717) is 12.8 Å². The maximum Gasteiger partial charge on any atom is 0.161 e. The largest absolute Gasteiger partial charge is 0.504 e. The number of aromatic hydroxyl groups is 2. The molecule has 0 aliphatic heterocycles. The number of hydrogen-bond donors (Lipinski definition) is 2. The molecule has 0 saturated carbocycles. The van der Waals surface area contributed by atoms with Crippen LogP contribution in [0.1, 0.15) is 30.0 Å². The standard InChI is InChI=1S/C15H20O2/c1-4-7-11-10-12(8-5-2)14(16)15(17)13(11)9-6-3/h4,6,10,16-17H,1,3,5,7-9H2,2H3. The van der Waals surface area contributed by atoms with Gasteiger partial charge in [-0.2, -0.15) is 0 Å². The molecule has 0 aliphatic rings. The Kier molecular flexibility index (Phi) is 4.83. The molecule has 0 saturated heterocycles. The Labute approximate surface area is 103 Å². The third-order valence-electron chi connectivity index (χ3n) is 2.78. The number of benzene rings is 1. The molecule has 1 aromatic carbocycles. The summed E-state index contributed by atoms with van der Waals surface area (Å²) in [5, 5.41) is 19.9. The molecule has 0 radical (unpaired) electrons. The third-order valence-corrected chi connectivity index (χ3v) is 2.78. The van der Waals surface area contributed by atoms with Crippen molar-refractivity contribution in [2.75, 3.05) is 0 Å². The number of phenols is 2. The predicted molar refractivity (Wildman–Crippen MR) is 71.6 cm³/mol. The zero-order chi connectivity index (χ0) is 12.8. The molecule has 1 rings (SSSR count). The van der Waals surface area contributed by atoms with E-state index in [1.54, 1.807) is 12.2 Å². The summed E-state index contributed by atoms with van der Waals surface area (Å²) in [4.78, 5) is 0. The summed E-state index contributed by atoms with van der Waals surface area (Å²) in [6, 6.07) is 1.96. The number of phenolic OH excluding ortho intramolecular Hbond substituents is 2. The Morgan fingerprint density at radius 3 is 2.24 bits per heavy atom. The van der Waals surface area contributed by atoms with Gasteiger partial charge in [-0.25, -0.2) is 0 Å². The van der Waals surface area contributed by atoms with Gasteiger partial charge in [0.15, 0.2) is 11.5 Å². The average Bonchev–Trinajstić information content (AvgIpc) is 2.31. The lowest BCUT2D eigenvalue weighted by Crippen LogP contribution is -1.97. The first-order valence-electron chi connectivity index (χ1n) is 5.93. The highest BCUT2D eigenvalue weighted by atomic mass is 16.3. The van der Waals surface area contributed by atoms with Crippen LogP contribution in [-0.4, -0.2) is 10.2 Å². The fourth-order valence-electron chi connectivity index (χ4n) is 1.98. The Balaban J connectivity index is 3.32. The highest BCUT2D eigenvalue weighted by molar-refractivity contribution is 5.55. The lowest BCUT2D eigenvalue weighted by Gasteiger charge is -2.14. The van der Waals surface area contributed by atoms with Gasteiger partial charge in [-0.15, -0.1) is 13.2 Å². The summed E-state index contributed by atoms with van der Waals surface area (Å²) in [7, 11) is 0. The van der Waals surface area contributed by atoms with Crippen LogP contribution in [0.4, 0.5) is 0 Å². The monoisotopic (exact) mass is 232 g/mol. The molecule has 2 heteroatoms. The van der Waals surface area contributed by atoms with Crippen molar-refractivity contribution < 1.29 is 10.2 Å². The van der Waals surface area contributed by atoms with Crippen LogP contribution in [0.5, 0.6) is 11.5 Å². The molecule has 17 heavy (non-hydrogen) atoms. The van der Waals surface area contributed by atoms with Crippen LogP contribution in [-0.2, 0) is 19.3 Å². The highest BCUT2D eigenvalue weighted by Gasteiger charge is 2.14. The van der Waals surface area contributed by atoms with Crippen molar-refractivity contribution >= 4 is 0 Å². The minimum Gasteiger partial charge on any atom is -0.504 e. The third kappa shape index (κ3) is 2.90. The van der Waals surface area contributed by atoms with E-state index in [9.17, 15) is 10.2 Å². The van der Waals surface area contributed by atoms with Gasteiger partial charge in [-0.05, 0) is 30.4 Å². The van der Waals surface area contributed by atoms with Gasteiger partial charge in [-0.3, -0.25) is 0 Å². The first-order valence-corrected chi connectivity index (χ1v) is 5.93. The molecule has 0 heterocycles. The topological polar surface area (TPSA) is 40.5 Å². The van der Waals surface area contributed by atoms with Crippen LogP contribution in [0.15, 0.2) is 31.4 Å². The van der Waals surface area contributed by atoms with Crippen molar-refractivity contribution in [3.8, 4) is 11.5 Å². The number of rotatable bonds is 6. The Morgan fingerprint density at radius 2 is 1.71 bits per heavy atom. The van der Waals surface area contributed by atoms with Crippen LogP contribution >= 0.6 is 0 Å². The second-order valence-electron chi connectivity index (χ2n) is 4.11. The molecule has 2 nitrogen and oxygen atoms in total. The summed E-state index contributed by atoms with van der Waals surface area (Å²) < 4.78 is 0. The molecule has 92 valence electrons. The minimum atomic E-state index is -0.00676. The van der Waals surface area contributed by atoms with Crippen molar-refractivity contribution in [3.05, 3.63) is 48.1 Å². The molecule has 0 aromatic heterocycles. The van der Waals surface area contributed by atoms with Crippen molar-refractivity contribution in [3.63, 3.8) is 0 Å². The van der Waals surface area contributed by atoms with Gasteiger partial charge >= 0.3 is 0 Å². The van der Waals surface area contributed by atoms with Crippen molar-refractivity contribution in [2.45, 2.75) is 32.6 Å². The summed E-state index contributed by atoms with van der Waals surface area (Å²) in [6.45, 7) is 9.43. The fraction of sp³-hybridized carbons (Fsp3) is 0.333. The van der Waals surface area contributed by atoms with E-state index in [0.717, 1.165) is 29.5 Å². The maximum absolute atomic E-state index is 10.0. The number of aryl methyl sites for hydroxylation is 1. The van der Waals surface area contributed by atoms with Crippen LogP contribution < -0.4 is 0 Å². The molecule has 0 amide bonds. The Bertz CT molecular complexity index is 419. The predicted octanol–water partition coefficient (Wildman–Crippen LogP) is 3.51. The van der Waals surface area contributed by atoms with Gasteiger partial charge in [0.05, 0.1) is 0 Å². The zero-order valence-corrected chi connectivity index (χ0v) is 10.4. The Morgan fingerprint density at radius 1 is 1.06 bits per heavy atom. The minimum absolute atomic E-state index is 0.00676. The molecular formula is C15H20O2. The second kappa shape index (κ2) is 6.14. The average molecular weight is 232 g/mol. The van der Waals surface area contributed by atoms with Crippen LogP contribution in [0.25, 0.3) is 0 Å². The lowest BCUT2D eigenvalue weighted by molar-refractivity contribution is 0.395. The van der Waals surface area contributed by atoms with E-state index in [4.69, 9.17) is 0 Å². The molecule has 2 N–H and O–H groups in total. The van der Waals surface area contributed by atoms with Crippen LogP contribution in [0.3, 0.4) is 0 Å². The second-order valence-corrected chi connectivity index (χ2v) is 4.11. The van der Waals surface area contributed by atoms with Gasteiger partial charge in [-0.1, -0.05) is 31.6 Å². The summed E-state index contributed by atoms with van der Waals surface area (Å²) in [5.41, 5.74) is 2.56. The number of allylic oxidation sites excluding steroid dienone is 2. The molecule has 0 atom stereocenters. The first-order chi connectivity index (χ1) is 8.15. The summed E-state index contributed by atoms with van der Waals surface area (Å²) in [5.74, 6) is 0.00390.